The minimum absolute atomic E-state index is 0.0145. The summed E-state index contributed by atoms with van der Waals surface area (Å²) in [7, 11) is 0. The van der Waals surface area contributed by atoms with Gasteiger partial charge in [0, 0.05) is 11.8 Å². The molecule has 2 N–H and O–H groups in total. The summed E-state index contributed by atoms with van der Waals surface area (Å²) in [5.41, 5.74) is 1.44. The molecule has 0 radical (unpaired) electrons. The Bertz CT molecular complexity index is 1020. The maximum atomic E-state index is 14.5. The number of benzene rings is 1. The first-order valence-corrected chi connectivity index (χ1v) is 9.09. The highest BCUT2D eigenvalue weighted by Gasteiger charge is 2.59. The zero-order chi connectivity index (χ0) is 22.3. The second-order valence-electron chi connectivity index (χ2n) is 7.18. The van der Waals surface area contributed by atoms with Crippen LogP contribution in [-0.4, -0.2) is 29.2 Å². The molecule has 0 spiro atoms. The van der Waals surface area contributed by atoms with Gasteiger partial charge in [-0.25, -0.2) is 8.78 Å². The van der Waals surface area contributed by atoms with E-state index in [9.17, 15) is 22.0 Å². The topological polar surface area (TPSA) is 60.5 Å². The van der Waals surface area contributed by atoms with Gasteiger partial charge in [0.2, 0.25) is 5.60 Å². The molecule has 1 aromatic heterocycles. The van der Waals surface area contributed by atoms with E-state index in [0.717, 1.165) is 19.1 Å². The van der Waals surface area contributed by atoms with E-state index in [2.05, 4.69) is 9.98 Å². The smallest absolute Gasteiger partial charge is 0.385 e. The van der Waals surface area contributed by atoms with E-state index in [1.54, 1.807) is 0 Å². The first-order valence-electron chi connectivity index (χ1n) is 8.71. The fourth-order valence-corrected chi connectivity index (χ4v) is 3.02. The highest BCUT2D eigenvalue weighted by Crippen LogP contribution is 2.41. The van der Waals surface area contributed by atoms with E-state index in [-0.39, 0.29) is 16.8 Å². The lowest BCUT2D eigenvalue weighted by Gasteiger charge is -2.41. The van der Waals surface area contributed by atoms with Gasteiger partial charge >= 0.3 is 6.18 Å². The van der Waals surface area contributed by atoms with Crippen LogP contribution in [0, 0.1) is 5.82 Å². The maximum absolute atomic E-state index is 14.5. The molecule has 0 bridgehead atoms. The SMILES string of the molecule is C[C@@]1(c2cc(/C=C(\F)c3ccc(Cl)cn3)ccc2F)CO[C@@](C)(C(F)(F)F)C(N)=N1. The van der Waals surface area contributed by atoms with Gasteiger partial charge in [0.25, 0.3) is 0 Å². The van der Waals surface area contributed by atoms with Crippen LogP contribution in [0.4, 0.5) is 22.0 Å². The molecular formula is C20H17ClF5N3O. The number of alkyl halides is 3. The quantitative estimate of drug-likeness (QED) is 0.655. The Hall–Kier alpha value is -2.52. The first kappa shape index (κ1) is 22.2. The van der Waals surface area contributed by atoms with Crippen LogP contribution in [-0.2, 0) is 10.3 Å². The lowest BCUT2D eigenvalue weighted by Crippen LogP contribution is -2.60. The van der Waals surface area contributed by atoms with Gasteiger partial charge in [-0.05, 0) is 49.8 Å². The maximum Gasteiger partial charge on any atom is 0.424 e. The third-order valence-corrected chi connectivity index (χ3v) is 5.10. The van der Waals surface area contributed by atoms with E-state index in [4.69, 9.17) is 22.1 Å². The summed E-state index contributed by atoms with van der Waals surface area (Å²) >= 11 is 5.73. The van der Waals surface area contributed by atoms with Crippen molar-refractivity contribution in [1.29, 1.82) is 0 Å². The third kappa shape index (κ3) is 4.04. The van der Waals surface area contributed by atoms with Gasteiger partial charge in [0.1, 0.15) is 23.0 Å². The molecule has 160 valence electrons. The van der Waals surface area contributed by atoms with E-state index in [0.29, 0.717) is 5.02 Å². The van der Waals surface area contributed by atoms with Gasteiger partial charge in [0.05, 0.1) is 17.3 Å². The molecule has 10 heteroatoms. The number of hydrogen-bond acceptors (Lipinski definition) is 4. The molecule has 0 amide bonds. The van der Waals surface area contributed by atoms with Crippen molar-refractivity contribution < 1.29 is 26.7 Å². The molecule has 2 aromatic rings. The Balaban J connectivity index is 2.00. The zero-order valence-electron chi connectivity index (χ0n) is 15.9. The van der Waals surface area contributed by atoms with Gasteiger partial charge in [0.15, 0.2) is 0 Å². The van der Waals surface area contributed by atoms with Gasteiger partial charge in [-0.2, -0.15) is 13.2 Å². The number of nitrogens with two attached hydrogens (primary N) is 1. The number of rotatable bonds is 3. The lowest BCUT2D eigenvalue weighted by atomic mass is 9.88. The molecule has 0 saturated carbocycles. The van der Waals surface area contributed by atoms with Crippen molar-refractivity contribution in [3.63, 3.8) is 0 Å². The molecule has 0 unspecified atom stereocenters. The number of nitrogens with zero attached hydrogens (tertiary/aromatic N) is 2. The average Bonchev–Trinajstić information content (AvgIpc) is 2.66. The summed E-state index contributed by atoms with van der Waals surface area (Å²) in [6.07, 6.45) is -2.41. The van der Waals surface area contributed by atoms with E-state index in [1.165, 1.54) is 37.4 Å². The Morgan fingerprint density at radius 3 is 2.50 bits per heavy atom. The van der Waals surface area contributed by atoms with Crippen molar-refractivity contribution in [2.24, 2.45) is 10.7 Å². The minimum atomic E-state index is -4.79. The van der Waals surface area contributed by atoms with E-state index < -0.39 is 41.4 Å². The summed E-state index contributed by atoms with van der Waals surface area (Å²) in [5, 5.41) is 0.335. The van der Waals surface area contributed by atoms with Crippen LogP contribution < -0.4 is 5.73 Å². The monoisotopic (exact) mass is 445 g/mol. The number of aliphatic imine (C=N–C) groups is 1. The molecule has 0 aliphatic carbocycles. The van der Waals surface area contributed by atoms with Gasteiger partial charge in [-0.15, -0.1) is 0 Å². The number of halogens is 6. The number of amidine groups is 1. The second-order valence-corrected chi connectivity index (χ2v) is 7.62. The van der Waals surface area contributed by atoms with Crippen LogP contribution >= 0.6 is 11.6 Å². The normalized spacial score (nSPS) is 25.2. The van der Waals surface area contributed by atoms with Gasteiger partial charge in [-0.3, -0.25) is 9.98 Å². The first-order chi connectivity index (χ1) is 13.9. The van der Waals surface area contributed by atoms with Gasteiger partial charge in [-0.1, -0.05) is 17.7 Å². The van der Waals surface area contributed by atoms with Crippen molar-refractivity contribution >= 4 is 29.3 Å². The van der Waals surface area contributed by atoms with Crippen molar-refractivity contribution in [1.82, 2.24) is 4.98 Å². The minimum Gasteiger partial charge on any atom is -0.385 e. The average molecular weight is 446 g/mol. The Morgan fingerprint density at radius 2 is 1.93 bits per heavy atom. The second kappa shape index (κ2) is 7.63. The van der Waals surface area contributed by atoms with Crippen molar-refractivity contribution in [3.8, 4) is 0 Å². The summed E-state index contributed by atoms with van der Waals surface area (Å²) in [6.45, 7) is 1.57. The summed E-state index contributed by atoms with van der Waals surface area (Å²) < 4.78 is 73.9. The van der Waals surface area contributed by atoms with E-state index >= 15 is 0 Å². The highest BCUT2D eigenvalue weighted by molar-refractivity contribution is 6.30. The molecule has 0 saturated heterocycles. The van der Waals surface area contributed by atoms with Crippen LogP contribution in [0.3, 0.4) is 0 Å². The third-order valence-electron chi connectivity index (χ3n) is 4.87. The van der Waals surface area contributed by atoms with E-state index in [1.807, 2.05) is 0 Å². The Morgan fingerprint density at radius 1 is 1.23 bits per heavy atom. The number of ether oxygens (including phenoxy) is 1. The van der Waals surface area contributed by atoms with Crippen LogP contribution in [0.25, 0.3) is 11.9 Å². The number of pyridine rings is 1. The largest absolute Gasteiger partial charge is 0.424 e. The van der Waals surface area contributed by atoms with Crippen LogP contribution in [0.1, 0.15) is 30.7 Å². The zero-order valence-corrected chi connectivity index (χ0v) is 16.7. The van der Waals surface area contributed by atoms with Crippen LogP contribution in [0.15, 0.2) is 41.5 Å². The van der Waals surface area contributed by atoms with Crippen LogP contribution in [0.5, 0.6) is 0 Å². The summed E-state index contributed by atoms with van der Waals surface area (Å²) in [6, 6.07) is 6.49. The molecule has 3 rings (SSSR count). The predicted molar refractivity (Wildman–Crippen MR) is 104 cm³/mol. The predicted octanol–water partition coefficient (Wildman–Crippen LogP) is 5.27. The summed E-state index contributed by atoms with van der Waals surface area (Å²) in [5.74, 6) is -2.27. The standard InChI is InChI=1S/C20H17ClF5N3O/c1-18(10-30-19(2,17(27)29-18)20(24,25)26)13-7-11(3-5-14(13)22)8-15(23)16-6-4-12(21)9-28-16/h3-9H,10H2,1-2H3,(H2,27,29)/b15-8-/t18-,19+/m0/s1. The van der Waals surface area contributed by atoms with Crippen molar-refractivity contribution in [2.45, 2.75) is 31.2 Å². The molecular weight excluding hydrogens is 429 g/mol. The molecule has 1 aliphatic heterocycles. The summed E-state index contributed by atoms with van der Waals surface area (Å²) in [4.78, 5) is 7.77. The fraction of sp³-hybridized carbons (Fsp3) is 0.300. The Kier molecular flexibility index (Phi) is 5.64. The highest BCUT2D eigenvalue weighted by atomic mass is 35.5. The Labute approximate surface area is 174 Å². The molecule has 1 aliphatic rings. The molecule has 4 nitrogen and oxygen atoms in total. The number of aromatic nitrogens is 1. The lowest BCUT2D eigenvalue weighted by molar-refractivity contribution is -0.249. The molecule has 2 heterocycles. The van der Waals surface area contributed by atoms with Crippen molar-refractivity contribution in [2.75, 3.05) is 6.61 Å². The van der Waals surface area contributed by atoms with Crippen LogP contribution in [0.2, 0.25) is 5.02 Å². The molecule has 0 fully saturated rings. The molecule has 1 aromatic carbocycles. The molecule has 30 heavy (non-hydrogen) atoms. The van der Waals surface area contributed by atoms with Crippen molar-refractivity contribution in [3.05, 3.63) is 64.2 Å². The van der Waals surface area contributed by atoms with Gasteiger partial charge < -0.3 is 10.5 Å². The molecule has 2 atom stereocenters. The number of hydrogen-bond donors (Lipinski definition) is 1. The fourth-order valence-electron chi connectivity index (χ4n) is 2.91.